The van der Waals surface area contributed by atoms with E-state index < -0.39 is 6.10 Å². The zero-order valence-corrected chi connectivity index (χ0v) is 8.02. The van der Waals surface area contributed by atoms with Gasteiger partial charge in [-0.05, 0) is 24.5 Å². The van der Waals surface area contributed by atoms with E-state index >= 15 is 0 Å². The van der Waals surface area contributed by atoms with Crippen molar-refractivity contribution in [1.82, 2.24) is 0 Å². The second kappa shape index (κ2) is 4.21. The summed E-state index contributed by atoms with van der Waals surface area (Å²) in [5.41, 5.74) is 0.598. The average Bonchev–Trinajstić information content (AvgIpc) is 2.63. The quantitative estimate of drug-likeness (QED) is 0.756. The summed E-state index contributed by atoms with van der Waals surface area (Å²) in [6.45, 7) is 0. The van der Waals surface area contributed by atoms with Crippen LogP contribution in [0.1, 0.15) is 12.0 Å². The first-order chi connectivity index (χ1) is 7.27. The van der Waals surface area contributed by atoms with E-state index in [4.69, 9.17) is 4.74 Å². The molecule has 0 aromatic heterocycles. The van der Waals surface area contributed by atoms with E-state index in [9.17, 15) is 9.18 Å². The van der Waals surface area contributed by atoms with E-state index in [2.05, 4.69) is 4.99 Å². The van der Waals surface area contributed by atoms with Gasteiger partial charge in [0.05, 0.1) is 0 Å². The zero-order chi connectivity index (χ0) is 10.7. The molecule has 0 fully saturated rings. The Labute approximate surface area is 86.6 Å². The third-order valence-corrected chi connectivity index (χ3v) is 2.31. The standard InChI is InChI=1S/C11H10FNO2/c12-9-4-2-1-3-8(9)5-6-10-11(14)13-7-15-10/h1-4,7,10H,5-6H2. The predicted molar refractivity (Wildman–Crippen MR) is 53.1 cm³/mol. The number of hydrogen-bond donors (Lipinski definition) is 0. The fourth-order valence-corrected chi connectivity index (χ4v) is 1.48. The van der Waals surface area contributed by atoms with Crippen LogP contribution in [0.15, 0.2) is 29.3 Å². The van der Waals surface area contributed by atoms with Gasteiger partial charge >= 0.3 is 0 Å². The molecule has 1 heterocycles. The molecular formula is C11H10FNO2. The van der Waals surface area contributed by atoms with Crippen molar-refractivity contribution < 1.29 is 13.9 Å². The van der Waals surface area contributed by atoms with Crippen LogP contribution in [0.3, 0.4) is 0 Å². The van der Waals surface area contributed by atoms with Crippen molar-refractivity contribution in [1.29, 1.82) is 0 Å². The summed E-state index contributed by atoms with van der Waals surface area (Å²) in [6, 6.07) is 6.52. The zero-order valence-electron chi connectivity index (χ0n) is 8.02. The molecule has 1 aromatic carbocycles. The molecule has 78 valence electrons. The van der Waals surface area contributed by atoms with Gasteiger partial charge in [-0.3, -0.25) is 4.79 Å². The maximum atomic E-state index is 13.2. The van der Waals surface area contributed by atoms with Crippen molar-refractivity contribution in [3.8, 4) is 0 Å². The fourth-order valence-electron chi connectivity index (χ4n) is 1.48. The fraction of sp³-hybridized carbons (Fsp3) is 0.273. The molecule has 0 bridgehead atoms. The van der Waals surface area contributed by atoms with Crippen molar-refractivity contribution in [2.45, 2.75) is 18.9 Å². The number of benzene rings is 1. The topological polar surface area (TPSA) is 38.7 Å². The number of amides is 1. The Bertz CT molecular complexity index is 403. The first kappa shape index (κ1) is 9.83. The molecule has 2 rings (SSSR count). The maximum Gasteiger partial charge on any atom is 0.289 e. The molecular weight excluding hydrogens is 197 g/mol. The number of hydrogen-bond acceptors (Lipinski definition) is 2. The van der Waals surface area contributed by atoms with Gasteiger partial charge in [-0.2, -0.15) is 4.99 Å². The SMILES string of the molecule is O=C1N=COC1CCc1ccccc1F. The Hall–Kier alpha value is -1.71. The molecule has 0 aliphatic carbocycles. The molecule has 1 aliphatic rings. The summed E-state index contributed by atoms with van der Waals surface area (Å²) in [6.07, 6.45) is 1.55. The molecule has 0 spiro atoms. The minimum Gasteiger partial charge on any atom is -0.470 e. The monoisotopic (exact) mass is 207 g/mol. The number of aryl methyl sites for hydroxylation is 1. The summed E-state index contributed by atoms with van der Waals surface area (Å²) in [7, 11) is 0. The van der Waals surface area contributed by atoms with Gasteiger partial charge in [-0.1, -0.05) is 18.2 Å². The highest BCUT2D eigenvalue weighted by molar-refractivity contribution is 5.91. The molecule has 15 heavy (non-hydrogen) atoms. The summed E-state index contributed by atoms with van der Waals surface area (Å²) >= 11 is 0. The van der Waals surface area contributed by atoms with Crippen LogP contribution in [0.5, 0.6) is 0 Å². The maximum absolute atomic E-state index is 13.2. The van der Waals surface area contributed by atoms with E-state index in [0.29, 0.717) is 18.4 Å². The first-order valence-corrected chi connectivity index (χ1v) is 4.72. The van der Waals surface area contributed by atoms with Gasteiger partial charge in [0.25, 0.3) is 5.91 Å². The highest BCUT2D eigenvalue weighted by Crippen LogP contribution is 2.13. The van der Waals surface area contributed by atoms with E-state index in [1.54, 1.807) is 18.2 Å². The normalized spacial score (nSPS) is 19.3. The highest BCUT2D eigenvalue weighted by atomic mass is 19.1. The van der Waals surface area contributed by atoms with Crippen molar-refractivity contribution in [2.75, 3.05) is 0 Å². The smallest absolute Gasteiger partial charge is 0.289 e. The molecule has 1 unspecified atom stereocenters. The lowest BCUT2D eigenvalue weighted by Crippen LogP contribution is -2.17. The molecule has 1 aliphatic heterocycles. The van der Waals surface area contributed by atoms with Crippen LogP contribution in [-0.4, -0.2) is 18.4 Å². The third kappa shape index (κ3) is 2.21. The molecule has 1 amide bonds. The van der Waals surface area contributed by atoms with E-state index in [1.165, 1.54) is 6.07 Å². The number of carbonyl (C=O) groups excluding carboxylic acids is 1. The van der Waals surface area contributed by atoms with Crippen LogP contribution in [-0.2, 0) is 16.0 Å². The minimum atomic E-state index is -0.537. The highest BCUT2D eigenvalue weighted by Gasteiger charge is 2.22. The molecule has 0 saturated carbocycles. The van der Waals surface area contributed by atoms with E-state index in [1.807, 2.05) is 0 Å². The van der Waals surface area contributed by atoms with Gasteiger partial charge in [0.15, 0.2) is 12.5 Å². The van der Waals surface area contributed by atoms with Crippen molar-refractivity contribution in [2.24, 2.45) is 4.99 Å². The Kier molecular flexibility index (Phi) is 2.76. The molecule has 4 heteroatoms. The lowest BCUT2D eigenvalue weighted by Gasteiger charge is -2.07. The lowest BCUT2D eigenvalue weighted by atomic mass is 10.1. The molecule has 1 atom stereocenters. The van der Waals surface area contributed by atoms with Crippen molar-refractivity contribution in [3.63, 3.8) is 0 Å². The number of nitrogens with zero attached hydrogens (tertiary/aromatic N) is 1. The van der Waals surface area contributed by atoms with Crippen LogP contribution in [0.2, 0.25) is 0 Å². The summed E-state index contributed by atoms with van der Waals surface area (Å²) in [5.74, 6) is -0.532. The van der Waals surface area contributed by atoms with Crippen molar-refractivity contribution >= 4 is 12.3 Å². The van der Waals surface area contributed by atoms with Gasteiger partial charge < -0.3 is 4.74 Å². The van der Waals surface area contributed by atoms with Gasteiger partial charge in [0.2, 0.25) is 0 Å². The Balaban J connectivity index is 1.94. The molecule has 0 saturated heterocycles. The van der Waals surface area contributed by atoms with E-state index in [0.717, 1.165) is 6.40 Å². The van der Waals surface area contributed by atoms with Gasteiger partial charge in [0.1, 0.15) is 5.82 Å². The van der Waals surface area contributed by atoms with Gasteiger partial charge in [-0.25, -0.2) is 4.39 Å². The molecule has 0 N–H and O–H groups in total. The summed E-state index contributed by atoms with van der Waals surface area (Å²) < 4.78 is 18.2. The Morgan fingerprint density at radius 2 is 2.20 bits per heavy atom. The van der Waals surface area contributed by atoms with Crippen LogP contribution in [0.25, 0.3) is 0 Å². The molecule has 0 radical (unpaired) electrons. The largest absolute Gasteiger partial charge is 0.470 e. The summed E-state index contributed by atoms with van der Waals surface area (Å²) in [5, 5.41) is 0. The Morgan fingerprint density at radius 3 is 2.87 bits per heavy atom. The predicted octanol–water partition coefficient (Wildman–Crippen LogP) is 1.71. The molecule has 1 aromatic rings. The van der Waals surface area contributed by atoms with Crippen LogP contribution >= 0.6 is 0 Å². The second-order valence-electron chi connectivity index (χ2n) is 3.33. The first-order valence-electron chi connectivity index (χ1n) is 4.72. The van der Waals surface area contributed by atoms with Gasteiger partial charge in [0, 0.05) is 0 Å². The van der Waals surface area contributed by atoms with Crippen LogP contribution in [0, 0.1) is 5.82 Å². The lowest BCUT2D eigenvalue weighted by molar-refractivity contribution is -0.122. The number of halogens is 1. The Morgan fingerprint density at radius 1 is 1.40 bits per heavy atom. The van der Waals surface area contributed by atoms with Crippen LogP contribution < -0.4 is 0 Å². The number of rotatable bonds is 3. The van der Waals surface area contributed by atoms with Crippen molar-refractivity contribution in [3.05, 3.63) is 35.6 Å². The number of ether oxygens (including phenoxy) is 1. The third-order valence-electron chi connectivity index (χ3n) is 2.31. The second-order valence-corrected chi connectivity index (χ2v) is 3.33. The number of carbonyl (C=O) groups is 1. The minimum absolute atomic E-state index is 0.246. The van der Waals surface area contributed by atoms with Gasteiger partial charge in [-0.15, -0.1) is 0 Å². The molecule has 3 nitrogen and oxygen atoms in total. The summed E-state index contributed by atoms with van der Waals surface area (Å²) in [4.78, 5) is 14.5. The number of aliphatic imine (C=N–C) groups is 1. The average molecular weight is 207 g/mol. The van der Waals surface area contributed by atoms with Crippen LogP contribution in [0.4, 0.5) is 4.39 Å². The van der Waals surface area contributed by atoms with E-state index in [-0.39, 0.29) is 11.7 Å².